The highest BCUT2D eigenvalue weighted by Gasteiger charge is 2.25. The van der Waals surface area contributed by atoms with Gasteiger partial charge in [-0.1, -0.05) is 54.1 Å². The maximum absolute atomic E-state index is 12.9. The normalized spacial score (nSPS) is 11.7. The van der Waals surface area contributed by atoms with Crippen molar-refractivity contribution in [2.75, 3.05) is 7.05 Å². The first-order chi connectivity index (χ1) is 11.9. The number of hydrogen-bond donors (Lipinski definition) is 1. The minimum absolute atomic E-state index is 0.0526. The van der Waals surface area contributed by atoms with E-state index in [2.05, 4.69) is 5.32 Å². The third-order valence-corrected chi connectivity index (χ3v) is 4.49. The lowest BCUT2D eigenvalue weighted by Gasteiger charge is -2.29. The van der Waals surface area contributed by atoms with E-state index in [1.54, 1.807) is 18.9 Å². The molecule has 1 N–H and O–H groups in total. The second-order valence-corrected chi connectivity index (χ2v) is 6.40. The van der Waals surface area contributed by atoms with E-state index >= 15 is 0 Å². The molecule has 0 saturated heterocycles. The molecule has 4 heteroatoms. The number of rotatable bonds is 6. The molecule has 0 aliphatic heterocycles. The summed E-state index contributed by atoms with van der Waals surface area (Å²) in [4.78, 5) is 26.7. The van der Waals surface area contributed by atoms with Crippen LogP contribution in [-0.4, -0.2) is 29.8 Å². The van der Waals surface area contributed by atoms with Gasteiger partial charge in [0.15, 0.2) is 0 Å². The van der Waals surface area contributed by atoms with E-state index in [1.807, 2.05) is 62.4 Å². The summed E-state index contributed by atoms with van der Waals surface area (Å²) in [6, 6.07) is 15.3. The predicted molar refractivity (Wildman–Crippen MR) is 100 cm³/mol. The summed E-state index contributed by atoms with van der Waals surface area (Å²) in [7, 11) is 1.59. The van der Waals surface area contributed by atoms with Gasteiger partial charge in [-0.2, -0.15) is 0 Å². The van der Waals surface area contributed by atoms with Crippen LogP contribution in [0.15, 0.2) is 48.5 Å². The number of amides is 2. The van der Waals surface area contributed by atoms with Crippen molar-refractivity contribution in [2.24, 2.45) is 0 Å². The van der Waals surface area contributed by atoms with E-state index in [9.17, 15) is 9.59 Å². The summed E-state index contributed by atoms with van der Waals surface area (Å²) in [6.45, 7) is 6.22. The second-order valence-electron chi connectivity index (χ2n) is 6.40. The van der Waals surface area contributed by atoms with Crippen molar-refractivity contribution in [1.29, 1.82) is 0 Å². The first-order valence-corrected chi connectivity index (χ1v) is 8.53. The Bertz CT molecular complexity index is 738. The Morgan fingerprint density at radius 2 is 1.68 bits per heavy atom. The Hall–Kier alpha value is -2.62. The van der Waals surface area contributed by atoms with Crippen LogP contribution >= 0.6 is 0 Å². The Morgan fingerprint density at radius 1 is 1.04 bits per heavy atom. The van der Waals surface area contributed by atoms with E-state index < -0.39 is 6.04 Å². The zero-order chi connectivity index (χ0) is 18.4. The second kappa shape index (κ2) is 8.47. The van der Waals surface area contributed by atoms with Gasteiger partial charge < -0.3 is 10.2 Å². The zero-order valence-electron chi connectivity index (χ0n) is 15.4. The van der Waals surface area contributed by atoms with Crippen molar-refractivity contribution in [2.45, 2.75) is 39.8 Å². The molecular weight excluding hydrogens is 312 g/mol. The van der Waals surface area contributed by atoms with Crippen LogP contribution in [-0.2, 0) is 22.6 Å². The summed E-state index contributed by atoms with van der Waals surface area (Å²) in [5.74, 6) is -0.214. The number of nitrogens with one attached hydrogen (secondary N) is 1. The molecule has 2 aromatic carbocycles. The summed E-state index contributed by atoms with van der Waals surface area (Å²) in [5, 5.41) is 2.64. The van der Waals surface area contributed by atoms with Crippen molar-refractivity contribution in [1.82, 2.24) is 10.2 Å². The minimum Gasteiger partial charge on any atom is -0.357 e. The number of nitrogens with zero attached hydrogens (tertiary/aromatic N) is 1. The lowest BCUT2D eigenvalue weighted by molar-refractivity contribution is -0.139. The molecule has 2 amide bonds. The van der Waals surface area contributed by atoms with Crippen molar-refractivity contribution in [3.63, 3.8) is 0 Å². The molecule has 132 valence electrons. The van der Waals surface area contributed by atoms with Crippen LogP contribution in [0.1, 0.15) is 29.2 Å². The Balaban J connectivity index is 2.23. The molecule has 25 heavy (non-hydrogen) atoms. The molecule has 0 aliphatic rings. The highest BCUT2D eigenvalue weighted by Crippen LogP contribution is 2.15. The Morgan fingerprint density at radius 3 is 2.28 bits per heavy atom. The monoisotopic (exact) mass is 338 g/mol. The zero-order valence-corrected chi connectivity index (χ0v) is 15.4. The molecular formula is C21H26N2O2. The van der Waals surface area contributed by atoms with Gasteiger partial charge in [0.2, 0.25) is 11.8 Å². The van der Waals surface area contributed by atoms with Crippen LogP contribution in [0.5, 0.6) is 0 Å². The van der Waals surface area contributed by atoms with Gasteiger partial charge in [-0.25, -0.2) is 0 Å². The van der Waals surface area contributed by atoms with Gasteiger partial charge in [-0.3, -0.25) is 9.59 Å². The van der Waals surface area contributed by atoms with Crippen molar-refractivity contribution in [3.8, 4) is 0 Å². The summed E-state index contributed by atoms with van der Waals surface area (Å²) < 4.78 is 0. The predicted octanol–water partition coefficient (Wildman–Crippen LogP) is 3.01. The number of aryl methyl sites for hydroxylation is 2. The summed E-state index contributed by atoms with van der Waals surface area (Å²) in [5.41, 5.74) is 4.27. The third-order valence-electron chi connectivity index (χ3n) is 4.49. The fraction of sp³-hybridized carbons (Fsp3) is 0.333. The van der Waals surface area contributed by atoms with Gasteiger partial charge in [0.05, 0.1) is 6.42 Å². The smallest absolute Gasteiger partial charge is 0.242 e. The molecule has 0 unspecified atom stereocenters. The molecule has 1 atom stereocenters. The lowest BCUT2D eigenvalue weighted by atomic mass is 10.1. The molecule has 0 saturated carbocycles. The van der Waals surface area contributed by atoms with Gasteiger partial charge in [-0.05, 0) is 37.5 Å². The summed E-state index contributed by atoms with van der Waals surface area (Å²) in [6.07, 6.45) is 0.285. The quantitative estimate of drug-likeness (QED) is 0.880. The number of likely N-dealkylation sites (N-methyl/N-ethyl adjacent to an activating group) is 1. The lowest BCUT2D eigenvalue weighted by Crippen LogP contribution is -2.47. The molecule has 0 heterocycles. The molecule has 0 radical (unpaired) electrons. The average Bonchev–Trinajstić information content (AvgIpc) is 2.61. The first kappa shape index (κ1) is 18.7. The topological polar surface area (TPSA) is 49.4 Å². The first-order valence-electron chi connectivity index (χ1n) is 8.53. The van der Waals surface area contributed by atoms with Gasteiger partial charge in [0, 0.05) is 13.6 Å². The van der Waals surface area contributed by atoms with E-state index in [0.717, 1.165) is 22.3 Å². The van der Waals surface area contributed by atoms with Gasteiger partial charge in [0.1, 0.15) is 6.04 Å². The average molecular weight is 338 g/mol. The van der Waals surface area contributed by atoms with Crippen molar-refractivity contribution < 1.29 is 9.59 Å². The van der Waals surface area contributed by atoms with E-state index in [-0.39, 0.29) is 18.2 Å². The SMILES string of the molecule is CNC(=O)[C@H](C)N(Cc1ccccc1C)C(=O)Cc1ccc(C)cc1. The highest BCUT2D eigenvalue weighted by molar-refractivity contribution is 5.88. The number of carbonyl (C=O) groups is 2. The molecule has 4 nitrogen and oxygen atoms in total. The minimum atomic E-state index is -0.525. The van der Waals surface area contributed by atoms with E-state index in [1.165, 1.54) is 0 Å². The van der Waals surface area contributed by atoms with Gasteiger partial charge in [-0.15, -0.1) is 0 Å². The van der Waals surface area contributed by atoms with Crippen molar-refractivity contribution >= 4 is 11.8 Å². The molecule has 2 rings (SSSR count). The standard InChI is InChI=1S/C21H26N2O2/c1-15-9-11-18(12-10-15)13-20(24)23(17(3)21(25)22-4)14-19-8-6-5-7-16(19)2/h5-12,17H,13-14H2,1-4H3,(H,22,25)/t17-/m0/s1. The third kappa shape index (κ3) is 4.92. The fourth-order valence-electron chi connectivity index (χ4n) is 2.74. The van der Waals surface area contributed by atoms with Crippen LogP contribution in [0.2, 0.25) is 0 Å². The largest absolute Gasteiger partial charge is 0.357 e. The van der Waals surface area contributed by atoms with Crippen LogP contribution in [0.25, 0.3) is 0 Å². The van der Waals surface area contributed by atoms with Crippen LogP contribution < -0.4 is 5.32 Å². The van der Waals surface area contributed by atoms with E-state index in [4.69, 9.17) is 0 Å². The fourth-order valence-corrected chi connectivity index (χ4v) is 2.74. The molecule has 0 bridgehead atoms. The molecule has 0 spiro atoms. The van der Waals surface area contributed by atoms with Crippen LogP contribution in [0.3, 0.4) is 0 Å². The number of hydrogen-bond acceptors (Lipinski definition) is 2. The molecule has 0 aromatic heterocycles. The van der Waals surface area contributed by atoms with E-state index in [0.29, 0.717) is 6.54 Å². The maximum Gasteiger partial charge on any atom is 0.242 e. The number of benzene rings is 2. The Labute approximate surface area is 149 Å². The summed E-state index contributed by atoms with van der Waals surface area (Å²) >= 11 is 0. The van der Waals surface area contributed by atoms with Gasteiger partial charge >= 0.3 is 0 Å². The number of carbonyl (C=O) groups excluding carboxylic acids is 2. The van der Waals surface area contributed by atoms with Crippen LogP contribution in [0, 0.1) is 13.8 Å². The van der Waals surface area contributed by atoms with Crippen molar-refractivity contribution in [3.05, 3.63) is 70.8 Å². The maximum atomic E-state index is 12.9. The van der Waals surface area contributed by atoms with Crippen LogP contribution in [0.4, 0.5) is 0 Å². The molecule has 0 aliphatic carbocycles. The van der Waals surface area contributed by atoms with Gasteiger partial charge in [0.25, 0.3) is 0 Å². The Kier molecular flexibility index (Phi) is 6.34. The highest BCUT2D eigenvalue weighted by atomic mass is 16.2. The molecule has 0 fully saturated rings. The molecule has 2 aromatic rings.